The highest BCUT2D eigenvalue weighted by Gasteiger charge is 2.06. The summed E-state index contributed by atoms with van der Waals surface area (Å²) in [4.78, 5) is 0. The number of allylic oxidation sites excluding steroid dienone is 1. The van der Waals surface area contributed by atoms with Crippen LogP contribution in [-0.4, -0.2) is 6.04 Å². The number of hydrogen-bond acceptors (Lipinski definition) is 1. The first kappa shape index (κ1) is 8.52. The van der Waals surface area contributed by atoms with Gasteiger partial charge in [-0.15, -0.1) is 0 Å². The third-order valence-electron chi connectivity index (χ3n) is 2.42. The van der Waals surface area contributed by atoms with Crippen LogP contribution < -0.4 is 5.32 Å². The Labute approximate surface area is 79.5 Å². The SMILES string of the molecule is C1=C[C@H](NCc2ccccc2)CC1. The van der Waals surface area contributed by atoms with Gasteiger partial charge in [-0.25, -0.2) is 0 Å². The van der Waals surface area contributed by atoms with Gasteiger partial charge in [-0.1, -0.05) is 42.5 Å². The summed E-state index contributed by atoms with van der Waals surface area (Å²) in [6.07, 6.45) is 7.00. The molecule has 1 aliphatic rings. The van der Waals surface area contributed by atoms with Gasteiger partial charge in [-0.2, -0.15) is 0 Å². The number of rotatable bonds is 3. The van der Waals surface area contributed by atoms with Crippen molar-refractivity contribution in [2.45, 2.75) is 25.4 Å². The topological polar surface area (TPSA) is 12.0 Å². The Kier molecular flexibility index (Phi) is 2.78. The van der Waals surface area contributed by atoms with E-state index in [2.05, 4.69) is 47.8 Å². The maximum atomic E-state index is 3.51. The van der Waals surface area contributed by atoms with Crippen molar-refractivity contribution < 1.29 is 0 Å². The first-order valence-corrected chi connectivity index (χ1v) is 4.89. The predicted molar refractivity (Wildman–Crippen MR) is 55.4 cm³/mol. The summed E-state index contributed by atoms with van der Waals surface area (Å²) in [5.74, 6) is 0. The summed E-state index contributed by atoms with van der Waals surface area (Å²) in [6, 6.07) is 11.1. The molecule has 0 amide bonds. The van der Waals surface area contributed by atoms with Crippen molar-refractivity contribution in [3.63, 3.8) is 0 Å². The van der Waals surface area contributed by atoms with E-state index in [4.69, 9.17) is 0 Å². The molecular formula is C12H15N. The molecule has 0 spiro atoms. The third kappa shape index (κ3) is 2.43. The van der Waals surface area contributed by atoms with Crippen molar-refractivity contribution in [2.75, 3.05) is 0 Å². The van der Waals surface area contributed by atoms with Crippen LogP contribution in [0.15, 0.2) is 42.5 Å². The number of benzene rings is 1. The van der Waals surface area contributed by atoms with Gasteiger partial charge in [0.1, 0.15) is 0 Å². The molecule has 0 bridgehead atoms. The molecule has 0 aromatic heterocycles. The summed E-state index contributed by atoms with van der Waals surface area (Å²) in [6.45, 7) is 0.982. The maximum Gasteiger partial charge on any atom is 0.0256 e. The van der Waals surface area contributed by atoms with Gasteiger partial charge < -0.3 is 5.32 Å². The molecule has 0 heterocycles. The van der Waals surface area contributed by atoms with Crippen LogP contribution in [0.4, 0.5) is 0 Å². The quantitative estimate of drug-likeness (QED) is 0.692. The summed E-state index contributed by atoms with van der Waals surface area (Å²) < 4.78 is 0. The molecule has 1 aromatic carbocycles. The van der Waals surface area contributed by atoms with Crippen molar-refractivity contribution in [1.82, 2.24) is 5.32 Å². The maximum absolute atomic E-state index is 3.51. The van der Waals surface area contributed by atoms with Gasteiger partial charge in [0.25, 0.3) is 0 Å². The average Bonchev–Trinajstić information content (AvgIpc) is 2.69. The molecule has 1 heteroatoms. The molecule has 1 aromatic rings. The minimum absolute atomic E-state index is 0.597. The van der Waals surface area contributed by atoms with E-state index in [1.807, 2.05) is 0 Å². The van der Waals surface area contributed by atoms with E-state index in [-0.39, 0.29) is 0 Å². The fourth-order valence-corrected chi connectivity index (χ4v) is 1.65. The van der Waals surface area contributed by atoms with Crippen LogP contribution in [0.5, 0.6) is 0 Å². The van der Waals surface area contributed by atoms with Gasteiger partial charge in [-0.3, -0.25) is 0 Å². The Balaban J connectivity index is 1.82. The molecule has 1 aliphatic carbocycles. The van der Waals surface area contributed by atoms with Crippen LogP contribution in [0.2, 0.25) is 0 Å². The highest BCUT2D eigenvalue weighted by molar-refractivity contribution is 5.15. The lowest BCUT2D eigenvalue weighted by Crippen LogP contribution is -2.24. The second kappa shape index (κ2) is 4.24. The highest BCUT2D eigenvalue weighted by atomic mass is 14.9. The Morgan fingerprint density at radius 1 is 1.23 bits per heavy atom. The Bertz CT molecular complexity index is 276. The van der Waals surface area contributed by atoms with Crippen molar-refractivity contribution >= 4 is 0 Å². The van der Waals surface area contributed by atoms with E-state index >= 15 is 0 Å². The average molecular weight is 173 g/mol. The molecule has 0 fully saturated rings. The summed E-state index contributed by atoms with van der Waals surface area (Å²) in [7, 11) is 0. The van der Waals surface area contributed by atoms with Crippen molar-refractivity contribution in [1.29, 1.82) is 0 Å². The summed E-state index contributed by atoms with van der Waals surface area (Å²) >= 11 is 0. The minimum Gasteiger partial charge on any atom is -0.306 e. The molecule has 0 unspecified atom stereocenters. The van der Waals surface area contributed by atoms with Crippen LogP contribution in [-0.2, 0) is 6.54 Å². The molecule has 68 valence electrons. The Morgan fingerprint density at radius 2 is 2.08 bits per heavy atom. The number of nitrogens with one attached hydrogen (secondary N) is 1. The molecule has 0 saturated heterocycles. The molecule has 0 saturated carbocycles. The largest absolute Gasteiger partial charge is 0.306 e. The van der Waals surface area contributed by atoms with Gasteiger partial charge in [0.15, 0.2) is 0 Å². The second-order valence-electron chi connectivity index (χ2n) is 3.48. The standard InChI is InChI=1S/C12H15N/c1-2-6-11(7-3-1)10-13-12-8-4-5-9-12/h1-4,6-8,12-13H,5,9-10H2/t12-/m0/s1. The normalized spacial score (nSPS) is 20.8. The van der Waals surface area contributed by atoms with Crippen LogP contribution in [0, 0.1) is 0 Å². The van der Waals surface area contributed by atoms with Gasteiger partial charge in [-0.05, 0) is 18.4 Å². The molecular weight excluding hydrogens is 158 g/mol. The van der Waals surface area contributed by atoms with E-state index in [1.165, 1.54) is 18.4 Å². The van der Waals surface area contributed by atoms with Gasteiger partial charge in [0, 0.05) is 12.6 Å². The summed E-state index contributed by atoms with van der Waals surface area (Å²) in [5.41, 5.74) is 1.36. The van der Waals surface area contributed by atoms with Crippen LogP contribution in [0.3, 0.4) is 0 Å². The molecule has 0 aliphatic heterocycles. The van der Waals surface area contributed by atoms with E-state index in [0.717, 1.165) is 6.54 Å². The minimum atomic E-state index is 0.597. The molecule has 1 atom stereocenters. The Morgan fingerprint density at radius 3 is 2.77 bits per heavy atom. The second-order valence-corrected chi connectivity index (χ2v) is 3.48. The zero-order chi connectivity index (χ0) is 8.93. The smallest absolute Gasteiger partial charge is 0.0256 e. The summed E-state index contributed by atoms with van der Waals surface area (Å²) in [5, 5.41) is 3.51. The fraction of sp³-hybridized carbons (Fsp3) is 0.333. The zero-order valence-corrected chi connectivity index (χ0v) is 7.74. The molecule has 1 N–H and O–H groups in total. The number of hydrogen-bond donors (Lipinski definition) is 1. The van der Waals surface area contributed by atoms with E-state index in [9.17, 15) is 0 Å². The van der Waals surface area contributed by atoms with Gasteiger partial charge >= 0.3 is 0 Å². The van der Waals surface area contributed by atoms with Crippen molar-refractivity contribution in [3.05, 3.63) is 48.0 Å². The predicted octanol–water partition coefficient (Wildman–Crippen LogP) is 2.49. The van der Waals surface area contributed by atoms with Crippen LogP contribution >= 0.6 is 0 Å². The highest BCUT2D eigenvalue weighted by Crippen LogP contribution is 2.09. The molecule has 13 heavy (non-hydrogen) atoms. The molecule has 2 rings (SSSR count). The fourth-order valence-electron chi connectivity index (χ4n) is 1.65. The molecule has 1 nitrogen and oxygen atoms in total. The monoisotopic (exact) mass is 173 g/mol. The van der Waals surface area contributed by atoms with Gasteiger partial charge in [0.2, 0.25) is 0 Å². The lowest BCUT2D eigenvalue weighted by atomic mass is 10.2. The lowest BCUT2D eigenvalue weighted by Gasteiger charge is -2.09. The third-order valence-corrected chi connectivity index (χ3v) is 2.42. The van der Waals surface area contributed by atoms with E-state index < -0.39 is 0 Å². The Hall–Kier alpha value is -1.08. The first-order valence-electron chi connectivity index (χ1n) is 4.89. The van der Waals surface area contributed by atoms with E-state index in [0.29, 0.717) is 6.04 Å². The van der Waals surface area contributed by atoms with E-state index in [1.54, 1.807) is 0 Å². The van der Waals surface area contributed by atoms with Crippen LogP contribution in [0.1, 0.15) is 18.4 Å². The van der Waals surface area contributed by atoms with Gasteiger partial charge in [0.05, 0.1) is 0 Å². The van der Waals surface area contributed by atoms with Crippen molar-refractivity contribution in [3.8, 4) is 0 Å². The van der Waals surface area contributed by atoms with Crippen LogP contribution in [0.25, 0.3) is 0 Å². The molecule has 0 radical (unpaired) electrons. The van der Waals surface area contributed by atoms with Crippen molar-refractivity contribution in [2.24, 2.45) is 0 Å². The lowest BCUT2D eigenvalue weighted by molar-refractivity contribution is 0.582. The zero-order valence-electron chi connectivity index (χ0n) is 7.74. The first-order chi connectivity index (χ1) is 6.45.